The Morgan fingerprint density at radius 1 is 1.17 bits per heavy atom. The SMILES string of the molecule is Nc1nc(Cl)ccc1NC(=O)C1CCCC(N(Cc2cc(Cl)cc(Cl)c2)C(=O)O)C1. The second kappa shape index (κ2) is 9.73. The summed E-state index contributed by atoms with van der Waals surface area (Å²) in [6.07, 6.45) is 1.43. The second-order valence-corrected chi connectivity index (χ2v) is 8.52. The summed E-state index contributed by atoms with van der Waals surface area (Å²) in [4.78, 5) is 30.0. The first-order valence-electron chi connectivity index (χ1n) is 9.40. The van der Waals surface area contributed by atoms with Crippen LogP contribution in [-0.4, -0.2) is 33.0 Å². The van der Waals surface area contributed by atoms with Gasteiger partial charge in [-0.15, -0.1) is 0 Å². The number of carbonyl (C=O) groups excluding carboxylic acids is 1. The molecule has 4 N–H and O–H groups in total. The van der Waals surface area contributed by atoms with Gasteiger partial charge < -0.3 is 21.1 Å². The quantitative estimate of drug-likeness (QED) is 0.513. The molecule has 0 spiro atoms. The molecule has 0 radical (unpaired) electrons. The molecule has 30 heavy (non-hydrogen) atoms. The number of hydrogen-bond donors (Lipinski definition) is 3. The molecule has 1 heterocycles. The van der Waals surface area contributed by atoms with E-state index in [-0.39, 0.29) is 35.4 Å². The average molecular weight is 472 g/mol. The predicted octanol–water partition coefficient (Wildman–Crippen LogP) is 5.30. The van der Waals surface area contributed by atoms with E-state index in [1.807, 2.05) is 0 Å². The van der Waals surface area contributed by atoms with E-state index in [0.29, 0.717) is 40.6 Å². The Morgan fingerprint density at radius 2 is 1.87 bits per heavy atom. The molecule has 2 aromatic rings. The van der Waals surface area contributed by atoms with Crippen LogP contribution in [0.25, 0.3) is 0 Å². The van der Waals surface area contributed by atoms with E-state index in [2.05, 4.69) is 10.3 Å². The summed E-state index contributed by atoms with van der Waals surface area (Å²) < 4.78 is 0. The third kappa shape index (κ3) is 5.68. The van der Waals surface area contributed by atoms with E-state index in [1.165, 1.54) is 4.90 Å². The molecule has 2 amide bonds. The van der Waals surface area contributed by atoms with E-state index in [9.17, 15) is 14.7 Å². The number of nitrogens with zero attached hydrogens (tertiary/aromatic N) is 2. The number of halogens is 3. The van der Waals surface area contributed by atoms with Crippen molar-refractivity contribution in [2.45, 2.75) is 38.3 Å². The molecule has 1 aliphatic rings. The first-order valence-corrected chi connectivity index (χ1v) is 10.5. The summed E-state index contributed by atoms with van der Waals surface area (Å²) in [5, 5.41) is 13.7. The van der Waals surface area contributed by atoms with Crippen molar-refractivity contribution in [2.24, 2.45) is 5.92 Å². The highest BCUT2D eigenvalue weighted by molar-refractivity contribution is 6.34. The molecule has 160 valence electrons. The third-order valence-electron chi connectivity index (χ3n) is 5.13. The Kier molecular flexibility index (Phi) is 7.28. The number of nitrogen functional groups attached to an aromatic ring is 1. The number of aromatic nitrogens is 1. The third-order valence-corrected chi connectivity index (χ3v) is 5.77. The Hall–Kier alpha value is -2.22. The number of carboxylic acid groups (broad SMARTS) is 1. The van der Waals surface area contributed by atoms with Gasteiger partial charge in [0.05, 0.1) is 5.69 Å². The second-order valence-electron chi connectivity index (χ2n) is 7.26. The molecule has 2 atom stereocenters. The van der Waals surface area contributed by atoms with Crippen LogP contribution >= 0.6 is 34.8 Å². The summed E-state index contributed by atoms with van der Waals surface area (Å²) >= 11 is 17.9. The largest absolute Gasteiger partial charge is 0.465 e. The van der Waals surface area contributed by atoms with Crippen molar-refractivity contribution < 1.29 is 14.7 Å². The molecule has 0 bridgehead atoms. The minimum atomic E-state index is -1.05. The van der Waals surface area contributed by atoms with E-state index >= 15 is 0 Å². The minimum Gasteiger partial charge on any atom is -0.465 e. The standard InChI is InChI=1S/C20H21Cl3N4O3/c21-13-6-11(7-14(22)9-13)10-27(20(29)30)15-3-1-2-12(8-15)19(28)25-16-4-5-17(23)26-18(16)24/h4-7,9,12,15H,1-3,8,10H2,(H2,24,26)(H,25,28)(H,29,30). The van der Waals surface area contributed by atoms with Crippen molar-refractivity contribution in [3.63, 3.8) is 0 Å². The lowest BCUT2D eigenvalue weighted by Crippen LogP contribution is -2.43. The Morgan fingerprint density at radius 3 is 2.50 bits per heavy atom. The van der Waals surface area contributed by atoms with Gasteiger partial charge >= 0.3 is 6.09 Å². The van der Waals surface area contributed by atoms with Gasteiger partial charge in [-0.1, -0.05) is 41.2 Å². The molecule has 7 nitrogen and oxygen atoms in total. The number of nitrogens with one attached hydrogen (secondary N) is 1. The maximum absolute atomic E-state index is 12.8. The van der Waals surface area contributed by atoms with Crippen LogP contribution in [-0.2, 0) is 11.3 Å². The Labute approximate surface area is 189 Å². The van der Waals surface area contributed by atoms with Crippen LogP contribution in [0.3, 0.4) is 0 Å². The topological polar surface area (TPSA) is 109 Å². The summed E-state index contributed by atoms with van der Waals surface area (Å²) in [5.41, 5.74) is 6.89. The average Bonchev–Trinajstić information content (AvgIpc) is 2.67. The number of pyridine rings is 1. The molecule has 1 aromatic heterocycles. The molecule has 1 aromatic carbocycles. The Bertz CT molecular complexity index is 937. The lowest BCUT2D eigenvalue weighted by Gasteiger charge is -2.35. The normalized spacial score (nSPS) is 18.6. The van der Waals surface area contributed by atoms with Crippen LogP contribution in [0.1, 0.15) is 31.2 Å². The maximum Gasteiger partial charge on any atom is 0.407 e. The molecular formula is C20H21Cl3N4O3. The maximum atomic E-state index is 12.8. The monoisotopic (exact) mass is 470 g/mol. The number of amides is 2. The van der Waals surface area contributed by atoms with Gasteiger partial charge in [-0.3, -0.25) is 4.79 Å². The molecule has 0 saturated heterocycles. The van der Waals surface area contributed by atoms with Gasteiger partial charge in [0.2, 0.25) is 5.91 Å². The fraction of sp³-hybridized carbons (Fsp3) is 0.350. The van der Waals surface area contributed by atoms with Gasteiger partial charge in [0.25, 0.3) is 0 Å². The Balaban J connectivity index is 1.70. The van der Waals surface area contributed by atoms with Crippen molar-refractivity contribution >= 4 is 58.3 Å². The fourth-order valence-corrected chi connectivity index (χ4v) is 4.45. The van der Waals surface area contributed by atoms with E-state index < -0.39 is 6.09 Å². The number of rotatable bonds is 5. The highest BCUT2D eigenvalue weighted by Crippen LogP contribution is 2.31. The summed E-state index contributed by atoms with van der Waals surface area (Å²) in [6.45, 7) is 0.142. The van der Waals surface area contributed by atoms with Crippen LogP contribution in [0, 0.1) is 5.92 Å². The molecular weight excluding hydrogens is 451 g/mol. The van der Waals surface area contributed by atoms with E-state index in [1.54, 1.807) is 30.3 Å². The number of hydrogen-bond acceptors (Lipinski definition) is 4. The highest BCUT2D eigenvalue weighted by atomic mass is 35.5. The molecule has 10 heteroatoms. The molecule has 2 unspecified atom stereocenters. The summed E-state index contributed by atoms with van der Waals surface area (Å²) in [6, 6.07) is 7.80. The van der Waals surface area contributed by atoms with Gasteiger partial charge in [0, 0.05) is 28.5 Å². The first-order chi connectivity index (χ1) is 14.2. The van der Waals surface area contributed by atoms with Gasteiger partial charge in [-0.05, 0) is 55.2 Å². The zero-order chi connectivity index (χ0) is 21.8. The van der Waals surface area contributed by atoms with Crippen molar-refractivity contribution in [3.05, 3.63) is 51.1 Å². The van der Waals surface area contributed by atoms with Crippen molar-refractivity contribution in [2.75, 3.05) is 11.1 Å². The van der Waals surface area contributed by atoms with Crippen molar-refractivity contribution in [3.8, 4) is 0 Å². The van der Waals surface area contributed by atoms with Crippen LogP contribution in [0.15, 0.2) is 30.3 Å². The smallest absolute Gasteiger partial charge is 0.407 e. The highest BCUT2D eigenvalue weighted by Gasteiger charge is 2.33. The zero-order valence-electron chi connectivity index (χ0n) is 15.9. The lowest BCUT2D eigenvalue weighted by atomic mass is 9.84. The van der Waals surface area contributed by atoms with Gasteiger partial charge in [0.1, 0.15) is 11.0 Å². The zero-order valence-corrected chi connectivity index (χ0v) is 18.2. The molecule has 1 saturated carbocycles. The van der Waals surface area contributed by atoms with E-state index in [0.717, 1.165) is 6.42 Å². The fourth-order valence-electron chi connectivity index (χ4n) is 3.73. The minimum absolute atomic E-state index is 0.133. The van der Waals surface area contributed by atoms with Crippen LogP contribution in [0.4, 0.5) is 16.3 Å². The molecule has 3 rings (SSSR count). The predicted molar refractivity (Wildman–Crippen MR) is 118 cm³/mol. The van der Waals surface area contributed by atoms with Crippen molar-refractivity contribution in [1.82, 2.24) is 9.88 Å². The number of benzene rings is 1. The lowest BCUT2D eigenvalue weighted by molar-refractivity contribution is -0.121. The van der Waals surface area contributed by atoms with Crippen LogP contribution in [0.5, 0.6) is 0 Å². The number of carbonyl (C=O) groups is 2. The molecule has 0 aliphatic heterocycles. The van der Waals surface area contributed by atoms with Gasteiger partial charge in [0.15, 0.2) is 0 Å². The summed E-state index contributed by atoms with van der Waals surface area (Å²) in [5.74, 6) is -0.427. The number of nitrogens with two attached hydrogens (primary N) is 1. The summed E-state index contributed by atoms with van der Waals surface area (Å²) in [7, 11) is 0. The van der Waals surface area contributed by atoms with Crippen LogP contribution in [0.2, 0.25) is 15.2 Å². The molecule has 1 fully saturated rings. The first kappa shape index (κ1) is 22.5. The van der Waals surface area contributed by atoms with Gasteiger partial charge in [-0.25, -0.2) is 9.78 Å². The number of anilines is 2. The van der Waals surface area contributed by atoms with Crippen molar-refractivity contribution in [1.29, 1.82) is 0 Å². The van der Waals surface area contributed by atoms with Crippen LogP contribution < -0.4 is 11.1 Å². The molecule has 1 aliphatic carbocycles. The van der Waals surface area contributed by atoms with Gasteiger partial charge in [-0.2, -0.15) is 0 Å². The van der Waals surface area contributed by atoms with E-state index in [4.69, 9.17) is 40.5 Å².